The second kappa shape index (κ2) is 5.07. The molecule has 1 fully saturated rings. The summed E-state index contributed by atoms with van der Waals surface area (Å²) in [7, 11) is 0.947. The maximum Gasteiger partial charge on any atom is 0.119 e. The van der Waals surface area contributed by atoms with Crippen molar-refractivity contribution < 1.29 is 4.74 Å². The average Bonchev–Trinajstić information content (AvgIpc) is 3.01. The minimum atomic E-state index is -0.821. The van der Waals surface area contributed by atoms with Gasteiger partial charge < -0.3 is 9.04 Å². The lowest BCUT2D eigenvalue weighted by Gasteiger charge is -2.45. The van der Waals surface area contributed by atoms with E-state index in [4.69, 9.17) is 4.74 Å². The van der Waals surface area contributed by atoms with E-state index in [0.29, 0.717) is 29.7 Å². The van der Waals surface area contributed by atoms with Gasteiger partial charge in [-0.25, -0.2) is 0 Å². The highest BCUT2D eigenvalue weighted by molar-refractivity contribution is 8.33. The highest BCUT2D eigenvalue weighted by Crippen LogP contribution is 2.64. The lowest BCUT2D eigenvalue weighted by Crippen LogP contribution is -2.37. The molecular formula is C20H27NOS. The molecular weight excluding hydrogens is 302 g/mol. The van der Waals surface area contributed by atoms with Gasteiger partial charge in [0.25, 0.3) is 0 Å². The Hall–Kier alpha value is -1.35. The summed E-state index contributed by atoms with van der Waals surface area (Å²) in [5.41, 5.74) is 2.94. The first kappa shape index (κ1) is 15.2. The molecule has 0 spiro atoms. The normalized spacial score (nSPS) is 35.0. The molecule has 124 valence electrons. The number of fused-ring (bicyclic) bond motifs is 5. The molecule has 0 bridgehead atoms. The zero-order valence-corrected chi connectivity index (χ0v) is 15.5. The number of benzene rings is 1. The molecule has 0 aromatic heterocycles. The van der Waals surface area contributed by atoms with Gasteiger partial charge in [0.2, 0.25) is 0 Å². The molecule has 1 saturated carbocycles. The molecule has 1 aliphatic heterocycles. The molecule has 1 heterocycles. The maximum atomic E-state index is 5.53. The van der Waals surface area contributed by atoms with E-state index >= 15 is 0 Å². The molecule has 3 heteroatoms. The summed E-state index contributed by atoms with van der Waals surface area (Å²) in [6.45, 7) is 2.45. The lowest BCUT2D eigenvalue weighted by atomic mass is 9.82. The topological polar surface area (TPSA) is 12.5 Å². The van der Waals surface area contributed by atoms with Gasteiger partial charge in [-0.05, 0) is 60.3 Å². The smallest absolute Gasteiger partial charge is 0.119 e. The van der Waals surface area contributed by atoms with Crippen LogP contribution in [0.3, 0.4) is 0 Å². The SMILES string of the molecule is COc1ccc2c(c1)[C@@H]1C3C=CC=CC3C(C)C1N2S(C)(C)C. The van der Waals surface area contributed by atoms with Crippen LogP contribution in [0.1, 0.15) is 18.4 Å². The van der Waals surface area contributed by atoms with Crippen molar-refractivity contribution in [3.63, 3.8) is 0 Å². The van der Waals surface area contributed by atoms with Crippen LogP contribution < -0.4 is 9.04 Å². The van der Waals surface area contributed by atoms with Crippen LogP contribution in [-0.2, 0) is 0 Å². The van der Waals surface area contributed by atoms with Gasteiger partial charge in [0.05, 0.1) is 7.11 Å². The third kappa shape index (κ3) is 2.09. The van der Waals surface area contributed by atoms with Gasteiger partial charge in [-0.15, -0.1) is 0 Å². The van der Waals surface area contributed by atoms with Gasteiger partial charge in [0, 0.05) is 17.6 Å². The number of ether oxygens (including phenoxy) is 1. The third-order valence-electron chi connectivity index (χ3n) is 5.84. The summed E-state index contributed by atoms with van der Waals surface area (Å²) in [5.74, 6) is 3.54. The summed E-state index contributed by atoms with van der Waals surface area (Å²) < 4.78 is 8.29. The van der Waals surface area contributed by atoms with Crippen LogP contribution in [0.5, 0.6) is 5.75 Å². The monoisotopic (exact) mass is 329 g/mol. The van der Waals surface area contributed by atoms with E-state index in [1.165, 1.54) is 11.3 Å². The van der Waals surface area contributed by atoms with E-state index in [1.807, 2.05) is 0 Å². The van der Waals surface area contributed by atoms with Crippen LogP contribution in [0.25, 0.3) is 0 Å². The van der Waals surface area contributed by atoms with Gasteiger partial charge in [0.15, 0.2) is 0 Å². The highest BCUT2D eigenvalue weighted by Gasteiger charge is 2.55. The van der Waals surface area contributed by atoms with Crippen molar-refractivity contribution >= 4 is 15.9 Å². The van der Waals surface area contributed by atoms with Crippen LogP contribution >= 0.6 is 10.2 Å². The first-order valence-corrected chi connectivity index (χ1v) is 11.3. The van der Waals surface area contributed by atoms with Crippen molar-refractivity contribution in [2.24, 2.45) is 17.8 Å². The summed E-state index contributed by atoms with van der Waals surface area (Å²) >= 11 is 0. The molecule has 3 aliphatic rings. The second-order valence-corrected chi connectivity index (χ2v) is 11.8. The molecule has 1 aromatic rings. The first-order chi connectivity index (χ1) is 10.9. The zero-order chi connectivity index (χ0) is 16.4. The Morgan fingerprint density at radius 1 is 1.04 bits per heavy atom. The highest BCUT2D eigenvalue weighted by atomic mass is 32.3. The quantitative estimate of drug-likeness (QED) is 0.787. The molecule has 0 radical (unpaired) electrons. The minimum absolute atomic E-state index is 0.591. The van der Waals surface area contributed by atoms with Gasteiger partial charge in [-0.3, -0.25) is 0 Å². The van der Waals surface area contributed by atoms with E-state index in [-0.39, 0.29) is 0 Å². The Kier molecular flexibility index (Phi) is 3.35. The van der Waals surface area contributed by atoms with E-state index in [9.17, 15) is 0 Å². The second-order valence-electron chi connectivity index (χ2n) is 7.82. The first-order valence-electron chi connectivity index (χ1n) is 8.44. The van der Waals surface area contributed by atoms with Crippen LogP contribution in [0.4, 0.5) is 5.69 Å². The number of allylic oxidation sites excluding steroid dienone is 4. The molecule has 0 amide bonds. The Labute approximate surface area is 141 Å². The number of nitrogens with zero attached hydrogens (tertiary/aromatic N) is 1. The number of rotatable bonds is 2. The molecule has 4 unspecified atom stereocenters. The van der Waals surface area contributed by atoms with Crippen LogP contribution in [0.15, 0.2) is 42.5 Å². The van der Waals surface area contributed by atoms with E-state index in [0.717, 1.165) is 5.75 Å². The predicted octanol–water partition coefficient (Wildman–Crippen LogP) is 4.58. The number of hydrogen-bond donors (Lipinski definition) is 0. The fourth-order valence-corrected chi connectivity index (χ4v) is 6.82. The molecule has 0 N–H and O–H groups in total. The summed E-state index contributed by atoms with van der Waals surface area (Å²) in [6, 6.07) is 7.31. The van der Waals surface area contributed by atoms with Gasteiger partial charge >= 0.3 is 0 Å². The van der Waals surface area contributed by atoms with Gasteiger partial charge in [-0.1, -0.05) is 31.2 Å². The number of methoxy groups -OCH3 is 1. The van der Waals surface area contributed by atoms with Crippen molar-refractivity contribution in [2.45, 2.75) is 18.9 Å². The lowest BCUT2D eigenvalue weighted by molar-refractivity contribution is 0.413. The van der Waals surface area contributed by atoms with E-state index < -0.39 is 10.2 Å². The summed E-state index contributed by atoms with van der Waals surface area (Å²) in [4.78, 5) is 0. The zero-order valence-electron chi connectivity index (χ0n) is 14.7. The molecule has 2 nitrogen and oxygen atoms in total. The Bertz CT molecular complexity index is 687. The molecule has 0 saturated heterocycles. The average molecular weight is 330 g/mol. The van der Waals surface area contributed by atoms with Crippen molar-refractivity contribution in [3.05, 3.63) is 48.1 Å². The Morgan fingerprint density at radius 3 is 2.39 bits per heavy atom. The summed E-state index contributed by atoms with van der Waals surface area (Å²) in [5, 5.41) is 0. The Balaban J connectivity index is 1.90. The van der Waals surface area contributed by atoms with Crippen molar-refractivity contribution in [1.82, 2.24) is 0 Å². The standard InChI is InChI=1S/C20H27NOS/c1-13-15-8-6-7-9-16(15)19-17-12-14(22-2)10-11-18(17)21(20(13)19)23(3,4)5/h6-13,15-16,19-20H,1-5H3/t13?,15?,16?,19-,20?/m0/s1. The van der Waals surface area contributed by atoms with Crippen molar-refractivity contribution in [1.29, 1.82) is 0 Å². The van der Waals surface area contributed by atoms with E-state index in [2.05, 4.69) is 72.5 Å². The molecule has 5 atom stereocenters. The van der Waals surface area contributed by atoms with Gasteiger partial charge in [-0.2, -0.15) is 10.2 Å². The number of anilines is 1. The fourth-order valence-electron chi connectivity index (χ4n) is 5.01. The predicted molar refractivity (Wildman–Crippen MR) is 102 cm³/mol. The maximum absolute atomic E-state index is 5.53. The van der Waals surface area contributed by atoms with Gasteiger partial charge in [0.1, 0.15) is 5.75 Å². The minimum Gasteiger partial charge on any atom is -0.497 e. The largest absolute Gasteiger partial charge is 0.497 e. The van der Waals surface area contributed by atoms with Crippen molar-refractivity contribution in [2.75, 3.05) is 30.2 Å². The Morgan fingerprint density at radius 2 is 1.74 bits per heavy atom. The van der Waals surface area contributed by atoms with Crippen molar-refractivity contribution in [3.8, 4) is 5.75 Å². The summed E-state index contributed by atoms with van der Waals surface area (Å²) in [6.07, 6.45) is 16.6. The molecule has 23 heavy (non-hydrogen) atoms. The van der Waals surface area contributed by atoms with E-state index in [1.54, 1.807) is 7.11 Å². The molecule has 1 aromatic carbocycles. The third-order valence-corrected chi connectivity index (χ3v) is 7.46. The van der Waals surface area contributed by atoms with Crippen LogP contribution in [0.2, 0.25) is 0 Å². The fraction of sp³-hybridized carbons (Fsp3) is 0.500. The van der Waals surface area contributed by atoms with Crippen LogP contribution in [0, 0.1) is 17.8 Å². The molecule has 4 rings (SSSR count). The van der Waals surface area contributed by atoms with Crippen LogP contribution in [-0.4, -0.2) is 31.9 Å². The number of hydrogen-bond acceptors (Lipinski definition) is 2. The molecule has 2 aliphatic carbocycles.